The molecule has 0 aliphatic heterocycles. The Balaban J connectivity index is 3.21. The van der Waals surface area contributed by atoms with E-state index in [1.165, 1.54) is 17.8 Å². The second-order valence-electron chi connectivity index (χ2n) is 4.40. The largest absolute Gasteiger partial charge is 0.326 e. The maximum absolute atomic E-state index is 12.6. The van der Waals surface area contributed by atoms with Crippen molar-refractivity contribution in [3.05, 3.63) is 24.3 Å². The average molecular weight is 368 g/mol. The zero-order chi connectivity index (χ0) is 16.8. The third-order valence-electron chi connectivity index (χ3n) is 3.03. The topological polar surface area (TPSA) is 89.9 Å². The first-order valence-corrected chi connectivity index (χ1v) is 10.6. The van der Waals surface area contributed by atoms with E-state index in [4.69, 9.17) is 13.6 Å². The fourth-order valence-electron chi connectivity index (χ4n) is 1.86. The minimum absolute atomic E-state index is 0.0364. The molecule has 1 aromatic rings. The zero-order valence-corrected chi connectivity index (χ0v) is 15.4. The van der Waals surface area contributed by atoms with Gasteiger partial charge in [-0.25, -0.2) is 4.18 Å². The molecule has 6 nitrogen and oxygen atoms in total. The zero-order valence-electron chi connectivity index (χ0n) is 12.7. The Labute approximate surface area is 136 Å². The third kappa shape index (κ3) is 5.08. The molecular weight excluding hydrogens is 347 g/mol. The highest BCUT2D eigenvalue weighted by molar-refractivity contribution is 8.00. The molecule has 0 aliphatic carbocycles. The summed E-state index contributed by atoms with van der Waals surface area (Å²) in [5.74, 6) is -0.923. The van der Waals surface area contributed by atoms with Crippen LogP contribution in [0.25, 0.3) is 0 Å². The van der Waals surface area contributed by atoms with Gasteiger partial charge in [-0.2, -0.15) is 8.42 Å². The van der Waals surface area contributed by atoms with Gasteiger partial charge in [-0.3, -0.25) is 9.09 Å². The van der Waals surface area contributed by atoms with Gasteiger partial charge in [-0.15, -0.1) is 11.8 Å². The first-order valence-electron chi connectivity index (χ1n) is 6.89. The number of hydrogen-bond donors (Lipinski definition) is 1. The fraction of sp³-hybridized carbons (Fsp3) is 0.538. The Morgan fingerprint density at radius 3 is 2.32 bits per heavy atom. The molecule has 0 saturated heterocycles. The van der Waals surface area contributed by atoms with Crippen LogP contribution in [-0.4, -0.2) is 24.9 Å². The normalized spacial score (nSPS) is 14.0. The molecule has 1 aromatic carbocycles. The molecule has 1 N–H and O–H groups in total. The summed E-state index contributed by atoms with van der Waals surface area (Å²) >= 11 is 1.38. The van der Waals surface area contributed by atoms with Crippen molar-refractivity contribution < 1.29 is 26.6 Å². The van der Waals surface area contributed by atoms with Crippen LogP contribution < -0.4 is 0 Å². The number of thioether (sulfide) groups is 1. The van der Waals surface area contributed by atoms with Gasteiger partial charge in [0.05, 0.1) is 0 Å². The van der Waals surface area contributed by atoms with Crippen LogP contribution in [0.3, 0.4) is 0 Å². The van der Waals surface area contributed by atoms with E-state index in [1.54, 1.807) is 32.0 Å². The van der Waals surface area contributed by atoms with Crippen molar-refractivity contribution in [1.29, 1.82) is 0 Å². The summed E-state index contributed by atoms with van der Waals surface area (Å²) in [4.78, 5) is 9.61. The van der Waals surface area contributed by atoms with Crippen LogP contribution >= 0.6 is 20.0 Å². The summed E-state index contributed by atoms with van der Waals surface area (Å²) in [5.41, 5.74) is 0. The van der Waals surface area contributed by atoms with E-state index >= 15 is 0 Å². The van der Waals surface area contributed by atoms with Crippen molar-refractivity contribution in [1.82, 2.24) is 0 Å². The first kappa shape index (κ1) is 19.7. The highest BCUT2D eigenvalue weighted by Gasteiger charge is 2.37. The van der Waals surface area contributed by atoms with Gasteiger partial charge in [-0.05, 0) is 17.9 Å². The summed E-state index contributed by atoms with van der Waals surface area (Å²) in [6, 6.07) is 6.49. The molecule has 0 bridgehead atoms. The quantitative estimate of drug-likeness (QED) is 0.309. The van der Waals surface area contributed by atoms with Crippen molar-refractivity contribution >= 4 is 30.1 Å². The van der Waals surface area contributed by atoms with Crippen LogP contribution in [0, 0.1) is 0 Å². The molecule has 0 aliphatic rings. The van der Waals surface area contributed by atoms with Gasteiger partial charge in [0.1, 0.15) is 4.90 Å². The van der Waals surface area contributed by atoms with Crippen LogP contribution in [-0.2, 0) is 23.4 Å². The Morgan fingerprint density at radius 2 is 1.82 bits per heavy atom. The lowest BCUT2D eigenvalue weighted by Gasteiger charge is -2.29. The fourth-order valence-corrected chi connectivity index (χ4v) is 5.07. The number of hydrogen-bond acceptors (Lipinski definition) is 6. The van der Waals surface area contributed by atoms with Crippen LogP contribution in [0.4, 0.5) is 0 Å². The summed E-state index contributed by atoms with van der Waals surface area (Å²) in [5, 5.41) is 0. The smallest absolute Gasteiger partial charge is 0.319 e. The lowest BCUT2D eigenvalue weighted by atomic mass is 10.2. The van der Waals surface area contributed by atoms with Crippen LogP contribution in [0.1, 0.15) is 33.6 Å². The highest BCUT2D eigenvalue weighted by Crippen LogP contribution is 2.37. The molecule has 9 heteroatoms. The maximum atomic E-state index is 12.6. The van der Waals surface area contributed by atoms with Gasteiger partial charge < -0.3 is 4.89 Å². The Bertz CT molecular complexity index is 613. The van der Waals surface area contributed by atoms with E-state index < -0.39 is 24.2 Å². The lowest BCUT2D eigenvalue weighted by molar-refractivity contribution is -0.115. The predicted molar refractivity (Wildman–Crippen MR) is 86.7 cm³/mol. The van der Waals surface area contributed by atoms with E-state index in [-0.39, 0.29) is 17.7 Å². The average Bonchev–Trinajstić information content (AvgIpc) is 2.46. The predicted octanol–water partition coefficient (Wildman–Crippen LogP) is 3.42. The highest BCUT2D eigenvalue weighted by atomic mass is 32.2. The van der Waals surface area contributed by atoms with Crippen molar-refractivity contribution in [2.45, 2.75) is 49.2 Å². The SMILES string of the molecule is CCSc1ccccc1S(=O)(=O)OC(CC)(CC)O[PH](=O)O. The summed E-state index contributed by atoms with van der Waals surface area (Å²) in [7, 11) is -7.45. The first-order chi connectivity index (χ1) is 10.3. The summed E-state index contributed by atoms with van der Waals surface area (Å²) in [6.45, 7) is 5.19. The van der Waals surface area contributed by atoms with Gasteiger partial charge >= 0.3 is 18.4 Å². The maximum Gasteiger partial charge on any atom is 0.319 e. The minimum atomic E-state index is -4.12. The summed E-state index contributed by atoms with van der Waals surface area (Å²) in [6.07, 6.45) is 0.256. The van der Waals surface area contributed by atoms with Crippen molar-refractivity contribution in [3.8, 4) is 0 Å². The molecule has 0 aromatic heterocycles. The van der Waals surface area contributed by atoms with E-state index in [0.29, 0.717) is 10.6 Å². The van der Waals surface area contributed by atoms with Gasteiger partial charge in [0.15, 0.2) is 5.79 Å². The van der Waals surface area contributed by atoms with Crippen LogP contribution in [0.15, 0.2) is 34.1 Å². The van der Waals surface area contributed by atoms with Gasteiger partial charge in [0, 0.05) is 17.7 Å². The monoisotopic (exact) mass is 368 g/mol. The van der Waals surface area contributed by atoms with Gasteiger partial charge in [0.25, 0.3) is 0 Å². The Kier molecular flexibility index (Phi) is 7.58. The van der Waals surface area contributed by atoms with E-state index in [0.717, 1.165) is 0 Å². The molecule has 0 saturated carbocycles. The molecule has 126 valence electrons. The molecule has 1 atom stereocenters. The summed E-state index contributed by atoms with van der Waals surface area (Å²) < 4.78 is 46.2. The standard InChI is InChI=1S/C13H21O6PS2/c1-4-13(5-2,18-20(14)15)19-22(16,17)12-10-8-7-9-11(12)21-6-3/h7-10,20H,4-6H2,1-3H3,(H,14,15). The Hall–Kier alpha value is -0.370. The molecule has 0 spiro atoms. The van der Waals surface area contributed by atoms with Gasteiger partial charge in [-0.1, -0.05) is 32.9 Å². The lowest BCUT2D eigenvalue weighted by Crippen LogP contribution is -2.35. The van der Waals surface area contributed by atoms with Crippen molar-refractivity contribution in [3.63, 3.8) is 0 Å². The molecule has 0 amide bonds. The van der Waals surface area contributed by atoms with Gasteiger partial charge in [0.2, 0.25) is 0 Å². The third-order valence-corrected chi connectivity index (χ3v) is 6.08. The molecule has 0 radical (unpaired) electrons. The number of benzene rings is 1. The van der Waals surface area contributed by atoms with Crippen molar-refractivity contribution in [2.24, 2.45) is 0 Å². The second-order valence-corrected chi connectivity index (χ2v) is 7.96. The second kappa shape index (κ2) is 8.47. The van der Waals surface area contributed by atoms with E-state index in [9.17, 15) is 13.0 Å². The molecule has 0 fully saturated rings. The molecular formula is C13H21O6PS2. The Morgan fingerprint density at radius 1 is 1.23 bits per heavy atom. The van der Waals surface area contributed by atoms with Crippen molar-refractivity contribution in [2.75, 3.05) is 5.75 Å². The van der Waals surface area contributed by atoms with E-state index in [1.807, 2.05) is 6.92 Å². The van der Waals surface area contributed by atoms with Crippen LogP contribution in [0.5, 0.6) is 0 Å². The van der Waals surface area contributed by atoms with Crippen LogP contribution in [0.2, 0.25) is 0 Å². The van der Waals surface area contributed by atoms with E-state index in [2.05, 4.69) is 0 Å². The molecule has 1 unspecified atom stereocenters. The number of rotatable bonds is 9. The molecule has 0 heterocycles. The minimum Gasteiger partial charge on any atom is -0.326 e. The molecule has 1 rings (SSSR count). The molecule has 22 heavy (non-hydrogen) atoms.